The molecule has 9 aromatic carbocycles. The Hall–Kier alpha value is -6.59. The predicted octanol–water partition coefficient (Wildman–Crippen LogP) is 16.5. The van der Waals surface area contributed by atoms with Gasteiger partial charge in [-0.05, 0) is 125 Å². The predicted molar refractivity (Wildman–Crippen MR) is 261 cm³/mol. The van der Waals surface area contributed by atoms with Crippen molar-refractivity contribution in [1.29, 1.82) is 0 Å². The summed E-state index contributed by atoms with van der Waals surface area (Å²) in [6.45, 7) is 4.38. The van der Waals surface area contributed by atoms with Crippen LogP contribution in [-0.4, -0.2) is 5.25 Å². The lowest BCUT2D eigenvalue weighted by atomic mass is 9.90. The molecule has 2 atom stereocenters. The molecule has 0 bridgehead atoms. The Morgan fingerprint density at radius 2 is 1.00 bits per heavy atom. The number of fused-ring (bicyclic) bond motifs is 11. The summed E-state index contributed by atoms with van der Waals surface area (Å²) < 4.78 is 2.62. The van der Waals surface area contributed by atoms with Gasteiger partial charge >= 0.3 is 0 Å². The van der Waals surface area contributed by atoms with Gasteiger partial charge in [0.25, 0.3) is 0 Å². The minimum atomic E-state index is 0.313. The molecule has 0 N–H and O–H groups in total. The van der Waals surface area contributed by atoms with Crippen LogP contribution in [0.25, 0.3) is 52.5 Å². The van der Waals surface area contributed by atoms with Crippen molar-refractivity contribution in [3.8, 4) is 0 Å². The molecule has 2 nitrogen and oxygen atoms in total. The zero-order valence-corrected chi connectivity index (χ0v) is 35.0. The highest BCUT2D eigenvalue weighted by molar-refractivity contribution is 8.00. The minimum Gasteiger partial charge on any atom is -0.310 e. The van der Waals surface area contributed by atoms with Crippen LogP contribution in [0.5, 0.6) is 0 Å². The van der Waals surface area contributed by atoms with E-state index < -0.39 is 0 Å². The molecular weight excluding hydrogens is 765 g/mol. The van der Waals surface area contributed by atoms with Crippen LogP contribution >= 0.6 is 23.1 Å². The Kier molecular flexibility index (Phi) is 8.26. The lowest BCUT2D eigenvalue weighted by Gasteiger charge is -2.32. The second-order valence-electron chi connectivity index (χ2n) is 16.2. The zero-order valence-electron chi connectivity index (χ0n) is 33.3. The molecule has 12 rings (SSSR count). The summed E-state index contributed by atoms with van der Waals surface area (Å²) in [6.07, 6.45) is 7.30. The number of anilines is 5. The molecule has 1 aromatic heterocycles. The van der Waals surface area contributed by atoms with Crippen LogP contribution < -0.4 is 9.80 Å². The highest BCUT2D eigenvalue weighted by Gasteiger charge is 2.34. The van der Waals surface area contributed by atoms with E-state index in [-0.39, 0.29) is 0 Å². The standard InChI is InChI=1S/C56H40N2S2/c1-35-13-11-15-37(29-35)57(39-25-27-55-49(31-39)45-21-7-9-23-53(45)59-55)51-33-47-42-18-4-6-20-44(42)52(34-48(47)41-17-3-5-19-43(41)51)58(38-16-12-14-36(2)30-38)40-26-28-56-50(32-40)46-22-8-10-24-54(46)60-56/h3-34,49,55H,1-2H3. The quantitative estimate of drug-likeness (QED) is 0.155. The van der Waals surface area contributed by atoms with Crippen LogP contribution in [-0.2, 0) is 0 Å². The molecule has 10 aromatic rings. The average Bonchev–Trinajstić information content (AvgIpc) is 3.85. The van der Waals surface area contributed by atoms with Crippen molar-refractivity contribution >= 4 is 104 Å². The van der Waals surface area contributed by atoms with Gasteiger partial charge in [-0.2, -0.15) is 0 Å². The first-order chi connectivity index (χ1) is 29.6. The third kappa shape index (κ3) is 5.70. The molecule has 1 aliphatic carbocycles. The molecule has 0 amide bonds. The van der Waals surface area contributed by atoms with E-state index in [2.05, 4.69) is 218 Å². The maximum Gasteiger partial charge on any atom is 0.0546 e. The van der Waals surface area contributed by atoms with E-state index in [1.54, 1.807) is 0 Å². The Morgan fingerprint density at radius 3 is 1.70 bits per heavy atom. The van der Waals surface area contributed by atoms with Gasteiger partial charge in [0.2, 0.25) is 0 Å². The number of thioether (sulfide) groups is 1. The largest absolute Gasteiger partial charge is 0.310 e. The number of rotatable bonds is 6. The van der Waals surface area contributed by atoms with Crippen molar-refractivity contribution in [2.75, 3.05) is 9.80 Å². The van der Waals surface area contributed by atoms with Gasteiger partial charge in [-0.1, -0.05) is 121 Å². The lowest BCUT2D eigenvalue weighted by molar-refractivity contribution is 0.863. The van der Waals surface area contributed by atoms with Crippen molar-refractivity contribution in [3.63, 3.8) is 0 Å². The Balaban J connectivity index is 1.12. The summed E-state index contributed by atoms with van der Waals surface area (Å²) in [5.74, 6) is 0.313. The van der Waals surface area contributed by atoms with Gasteiger partial charge in [0.1, 0.15) is 0 Å². The number of benzene rings is 9. The maximum atomic E-state index is 2.51. The zero-order chi connectivity index (χ0) is 39.9. The number of thiophene rings is 1. The molecule has 0 spiro atoms. The molecule has 0 fully saturated rings. The summed E-state index contributed by atoms with van der Waals surface area (Å²) >= 11 is 3.85. The smallest absolute Gasteiger partial charge is 0.0546 e. The molecular formula is C56H40N2S2. The normalized spacial score (nSPS) is 15.8. The average molecular weight is 805 g/mol. The fourth-order valence-electron chi connectivity index (χ4n) is 9.71. The van der Waals surface area contributed by atoms with Crippen LogP contribution in [0.3, 0.4) is 0 Å². The van der Waals surface area contributed by atoms with E-state index in [1.807, 2.05) is 23.1 Å². The first kappa shape index (κ1) is 35.4. The van der Waals surface area contributed by atoms with Gasteiger partial charge in [0.05, 0.1) is 11.4 Å². The second-order valence-corrected chi connectivity index (χ2v) is 18.5. The Labute approximate surface area is 358 Å². The summed E-state index contributed by atoms with van der Waals surface area (Å²) in [4.78, 5) is 6.38. The number of allylic oxidation sites excluding steroid dienone is 2. The van der Waals surface area contributed by atoms with Crippen molar-refractivity contribution in [2.45, 2.75) is 29.9 Å². The van der Waals surface area contributed by atoms with Gasteiger partial charge < -0.3 is 9.80 Å². The first-order valence-corrected chi connectivity index (χ1v) is 22.4. The van der Waals surface area contributed by atoms with Crippen molar-refractivity contribution in [2.24, 2.45) is 0 Å². The topological polar surface area (TPSA) is 6.48 Å². The number of nitrogens with zero attached hydrogens (tertiary/aromatic N) is 2. The van der Waals surface area contributed by atoms with Crippen LogP contribution in [0.4, 0.5) is 28.4 Å². The first-order valence-electron chi connectivity index (χ1n) is 20.7. The molecule has 2 aliphatic rings. The third-order valence-corrected chi connectivity index (χ3v) is 14.9. The van der Waals surface area contributed by atoms with E-state index in [1.165, 1.54) is 85.5 Å². The van der Waals surface area contributed by atoms with Gasteiger partial charge in [0.15, 0.2) is 0 Å². The molecule has 60 heavy (non-hydrogen) atoms. The summed E-state index contributed by atoms with van der Waals surface area (Å²) in [5, 5.41) is 10.4. The van der Waals surface area contributed by atoms with Crippen molar-refractivity contribution in [1.82, 2.24) is 0 Å². The summed E-state index contributed by atoms with van der Waals surface area (Å²) in [5.41, 5.74) is 10.9. The number of aryl methyl sites for hydroxylation is 2. The molecule has 2 unspecified atom stereocenters. The van der Waals surface area contributed by atoms with E-state index >= 15 is 0 Å². The molecule has 0 saturated heterocycles. The fourth-order valence-corrected chi connectivity index (χ4v) is 12.1. The third-order valence-electron chi connectivity index (χ3n) is 12.4. The second kappa shape index (κ2) is 14.0. The number of hydrogen-bond acceptors (Lipinski definition) is 4. The minimum absolute atomic E-state index is 0.313. The van der Waals surface area contributed by atoms with E-state index in [9.17, 15) is 0 Å². The molecule has 4 heteroatoms. The van der Waals surface area contributed by atoms with Gasteiger partial charge in [-0.25, -0.2) is 0 Å². The molecule has 0 saturated carbocycles. The van der Waals surface area contributed by atoms with E-state index in [4.69, 9.17) is 0 Å². The molecule has 2 heterocycles. The highest BCUT2D eigenvalue weighted by Crippen LogP contribution is 2.52. The van der Waals surface area contributed by atoms with Crippen molar-refractivity contribution < 1.29 is 0 Å². The SMILES string of the molecule is Cc1cccc(N(C2=CC3c4ccccc4SC3C=C2)c2cc3c4ccccc4c(N(c4cccc(C)c4)c4ccc5sc6ccccc6c5c4)cc3c3ccccc23)c1. The number of hydrogen-bond donors (Lipinski definition) is 0. The van der Waals surface area contributed by atoms with Gasteiger partial charge in [0, 0.05) is 69.8 Å². The summed E-state index contributed by atoms with van der Waals surface area (Å²) in [7, 11) is 0. The van der Waals surface area contributed by atoms with Crippen molar-refractivity contribution in [3.05, 3.63) is 217 Å². The van der Waals surface area contributed by atoms with Gasteiger partial charge in [-0.3, -0.25) is 0 Å². The Morgan fingerprint density at radius 1 is 0.433 bits per heavy atom. The maximum absolute atomic E-state index is 2.51. The molecule has 286 valence electrons. The van der Waals surface area contributed by atoms with Crippen LogP contribution in [0.15, 0.2) is 205 Å². The van der Waals surface area contributed by atoms with Crippen LogP contribution in [0, 0.1) is 13.8 Å². The molecule has 1 aliphatic heterocycles. The Bertz CT molecular complexity index is 3430. The lowest BCUT2D eigenvalue weighted by Crippen LogP contribution is -2.21. The summed E-state index contributed by atoms with van der Waals surface area (Å²) in [6, 6.07) is 65.6. The van der Waals surface area contributed by atoms with Gasteiger partial charge in [-0.15, -0.1) is 23.1 Å². The van der Waals surface area contributed by atoms with Crippen LogP contribution in [0.2, 0.25) is 0 Å². The highest BCUT2D eigenvalue weighted by atomic mass is 32.2. The molecule has 0 radical (unpaired) electrons. The van der Waals surface area contributed by atoms with E-state index in [0.29, 0.717) is 11.2 Å². The monoisotopic (exact) mass is 804 g/mol. The fraction of sp³-hybridized carbons (Fsp3) is 0.0714. The van der Waals surface area contributed by atoms with E-state index in [0.717, 1.165) is 22.7 Å². The van der Waals surface area contributed by atoms with Crippen LogP contribution in [0.1, 0.15) is 22.6 Å².